The van der Waals surface area contributed by atoms with Gasteiger partial charge in [0.05, 0.1) is 26.0 Å². The average Bonchev–Trinajstić information content (AvgIpc) is 3.01. The molecule has 1 aliphatic rings. The number of nitrogens with zero attached hydrogens (tertiary/aromatic N) is 2. The lowest BCUT2D eigenvalue weighted by molar-refractivity contribution is -0.123. The predicted molar refractivity (Wildman–Crippen MR) is 84.5 cm³/mol. The number of carbonyl (C=O) groups excluding carboxylic acids is 1. The van der Waals surface area contributed by atoms with Crippen molar-refractivity contribution < 1.29 is 13.9 Å². The minimum atomic E-state index is 0.0476. The quantitative estimate of drug-likeness (QED) is 0.724. The molecule has 22 heavy (non-hydrogen) atoms. The monoisotopic (exact) mass is 309 g/mol. The third-order valence-corrected chi connectivity index (χ3v) is 3.98. The van der Waals surface area contributed by atoms with Crippen molar-refractivity contribution in [2.45, 2.75) is 26.4 Å². The first-order chi connectivity index (χ1) is 10.7. The Labute approximate surface area is 132 Å². The highest BCUT2D eigenvalue weighted by Crippen LogP contribution is 2.09. The second-order valence-electron chi connectivity index (χ2n) is 5.67. The molecule has 0 unspecified atom stereocenters. The van der Waals surface area contributed by atoms with Crippen molar-refractivity contribution in [3.63, 3.8) is 0 Å². The molecule has 2 rings (SSSR count). The normalized spacial score (nSPS) is 20.2. The Morgan fingerprint density at radius 2 is 2.36 bits per heavy atom. The maximum absolute atomic E-state index is 12.0. The van der Waals surface area contributed by atoms with Gasteiger partial charge in [-0.1, -0.05) is 0 Å². The topological polar surface area (TPSA) is 58.0 Å². The third kappa shape index (κ3) is 5.44. The van der Waals surface area contributed by atoms with Crippen LogP contribution in [0.5, 0.6) is 0 Å². The summed E-state index contributed by atoms with van der Waals surface area (Å²) in [4.78, 5) is 16.6. The summed E-state index contributed by atoms with van der Waals surface area (Å²) < 4.78 is 10.6. The van der Waals surface area contributed by atoms with Crippen LogP contribution in [-0.2, 0) is 16.1 Å². The zero-order valence-corrected chi connectivity index (χ0v) is 13.6. The number of hydrogen-bond donors (Lipinski definition) is 1. The molecule has 0 radical (unpaired) electrons. The number of furan rings is 1. The van der Waals surface area contributed by atoms with E-state index in [2.05, 4.69) is 22.0 Å². The summed E-state index contributed by atoms with van der Waals surface area (Å²) in [6, 6.07) is 4.14. The van der Waals surface area contributed by atoms with Gasteiger partial charge in [-0.25, -0.2) is 0 Å². The van der Waals surface area contributed by atoms with Crippen LogP contribution in [0.3, 0.4) is 0 Å². The van der Waals surface area contributed by atoms with Crippen molar-refractivity contribution in [1.82, 2.24) is 15.1 Å². The van der Waals surface area contributed by atoms with Gasteiger partial charge in [0.25, 0.3) is 0 Å². The Balaban J connectivity index is 1.65. The van der Waals surface area contributed by atoms with E-state index < -0.39 is 0 Å². The number of carbonyl (C=O) groups is 1. The molecule has 0 bridgehead atoms. The molecule has 0 aliphatic carbocycles. The Bertz CT molecular complexity index is 436. The van der Waals surface area contributed by atoms with Gasteiger partial charge < -0.3 is 14.5 Å². The lowest BCUT2D eigenvalue weighted by Gasteiger charge is -2.39. The zero-order valence-electron chi connectivity index (χ0n) is 13.6. The Morgan fingerprint density at radius 3 is 3.05 bits per heavy atom. The van der Waals surface area contributed by atoms with Crippen molar-refractivity contribution in [3.05, 3.63) is 24.2 Å². The number of rotatable bonds is 8. The average molecular weight is 309 g/mol. The molecule has 0 spiro atoms. The lowest BCUT2D eigenvalue weighted by atomic mass is 10.2. The van der Waals surface area contributed by atoms with Crippen molar-refractivity contribution in [2.75, 3.05) is 45.9 Å². The van der Waals surface area contributed by atoms with E-state index in [4.69, 9.17) is 9.15 Å². The van der Waals surface area contributed by atoms with Gasteiger partial charge in [0.15, 0.2) is 0 Å². The van der Waals surface area contributed by atoms with Gasteiger partial charge in [0, 0.05) is 38.8 Å². The number of nitrogens with one attached hydrogen (secondary N) is 1. The highest BCUT2D eigenvalue weighted by Gasteiger charge is 2.24. The largest absolute Gasteiger partial charge is 0.467 e. The molecular formula is C16H27N3O3. The maximum atomic E-state index is 12.0. The first kappa shape index (κ1) is 17.0. The molecule has 1 aromatic heterocycles. The summed E-state index contributed by atoms with van der Waals surface area (Å²) in [5, 5.41) is 2.89. The Kier molecular flexibility index (Phi) is 6.89. The molecular weight excluding hydrogens is 282 g/mol. The zero-order chi connectivity index (χ0) is 15.8. The number of ether oxygens (including phenoxy) is 1. The molecule has 6 nitrogen and oxygen atoms in total. The fourth-order valence-corrected chi connectivity index (χ4v) is 2.73. The molecule has 1 saturated heterocycles. The summed E-state index contributed by atoms with van der Waals surface area (Å²) in [5.41, 5.74) is 0. The second kappa shape index (κ2) is 8.92. The van der Waals surface area contributed by atoms with Crippen LogP contribution in [0, 0.1) is 0 Å². The molecule has 2 heterocycles. The van der Waals surface area contributed by atoms with E-state index in [-0.39, 0.29) is 5.91 Å². The van der Waals surface area contributed by atoms with Crippen LogP contribution >= 0.6 is 0 Å². The molecule has 1 aromatic rings. The van der Waals surface area contributed by atoms with E-state index in [1.165, 1.54) is 0 Å². The van der Waals surface area contributed by atoms with Crippen molar-refractivity contribution in [2.24, 2.45) is 0 Å². The van der Waals surface area contributed by atoms with Crippen LogP contribution < -0.4 is 5.32 Å². The fraction of sp³-hybridized carbons (Fsp3) is 0.688. The molecule has 1 aliphatic heterocycles. The van der Waals surface area contributed by atoms with E-state index >= 15 is 0 Å². The molecule has 1 atom stereocenters. The van der Waals surface area contributed by atoms with Gasteiger partial charge in [-0.2, -0.15) is 0 Å². The van der Waals surface area contributed by atoms with Gasteiger partial charge >= 0.3 is 0 Å². The Hall–Kier alpha value is -1.37. The first-order valence-corrected chi connectivity index (χ1v) is 8.02. The maximum Gasteiger partial charge on any atom is 0.234 e. The van der Waals surface area contributed by atoms with Crippen molar-refractivity contribution >= 4 is 5.91 Å². The van der Waals surface area contributed by atoms with Crippen LogP contribution in [-0.4, -0.2) is 67.7 Å². The van der Waals surface area contributed by atoms with E-state index in [1.807, 2.05) is 19.1 Å². The summed E-state index contributed by atoms with van der Waals surface area (Å²) in [7, 11) is 0. The Morgan fingerprint density at radius 1 is 1.50 bits per heavy atom. The smallest absolute Gasteiger partial charge is 0.234 e. The van der Waals surface area contributed by atoms with Crippen LogP contribution in [0.15, 0.2) is 22.8 Å². The van der Waals surface area contributed by atoms with Crippen LogP contribution in [0.25, 0.3) is 0 Å². The summed E-state index contributed by atoms with van der Waals surface area (Å²) in [6.45, 7) is 10.5. The minimum absolute atomic E-state index is 0.0476. The van der Waals surface area contributed by atoms with Gasteiger partial charge in [0.1, 0.15) is 5.76 Å². The van der Waals surface area contributed by atoms with Gasteiger partial charge in [-0.3, -0.25) is 14.6 Å². The first-order valence-electron chi connectivity index (χ1n) is 8.02. The van der Waals surface area contributed by atoms with E-state index in [9.17, 15) is 4.79 Å². The third-order valence-electron chi connectivity index (χ3n) is 3.98. The molecule has 6 heteroatoms. The van der Waals surface area contributed by atoms with Gasteiger partial charge in [-0.05, 0) is 26.0 Å². The highest BCUT2D eigenvalue weighted by atomic mass is 16.5. The lowest BCUT2D eigenvalue weighted by Crippen LogP contribution is -2.54. The molecule has 1 amide bonds. The van der Waals surface area contributed by atoms with E-state index in [1.54, 1.807) is 6.26 Å². The summed E-state index contributed by atoms with van der Waals surface area (Å²) in [6.07, 6.45) is 1.62. The van der Waals surface area contributed by atoms with Crippen molar-refractivity contribution in [1.29, 1.82) is 0 Å². The van der Waals surface area contributed by atoms with Crippen LogP contribution in [0.1, 0.15) is 19.6 Å². The summed E-state index contributed by atoms with van der Waals surface area (Å²) >= 11 is 0. The highest BCUT2D eigenvalue weighted by molar-refractivity contribution is 5.77. The van der Waals surface area contributed by atoms with Crippen molar-refractivity contribution in [3.8, 4) is 0 Å². The second-order valence-corrected chi connectivity index (χ2v) is 5.67. The molecule has 1 fully saturated rings. The van der Waals surface area contributed by atoms with E-state index in [0.717, 1.165) is 45.2 Å². The summed E-state index contributed by atoms with van der Waals surface area (Å²) in [5.74, 6) is 0.828. The molecule has 124 valence electrons. The van der Waals surface area contributed by atoms with Crippen LogP contribution in [0.4, 0.5) is 0 Å². The minimum Gasteiger partial charge on any atom is -0.467 e. The van der Waals surface area contributed by atoms with E-state index in [0.29, 0.717) is 19.1 Å². The number of amides is 1. The molecule has 0 saturated carbocycles. The standard InChI is InChI=1S/C16H27N3O3/c1-3-21-10-8-19-7-6-18(12-14(19)2)13-16(20)17-11-15-5-4-9-22-15/h4-5,9,14H,3,6-8,10-13H2,1-2H3,(H,17,20)/t14-/m0/s1. The van der Waals surface area contributed by atoms with Gasteiger partial charge in [-0.15, -0.1) is 0 Å². The predicted octanol–water partition coefficient (Wildman–Crippen LogP) is 0.938. The van der Waals surface area contributed by atoms with Crippen LogP contribution in [0.2, 0.25) is 0 Å². The van der Waals surface area contributed by atoms with Gasteiger partial charge in [0.2, 0.25) is 5.91 Å². The molecule has 1 N–H and O–H groups in total. The molecule has 0 aromatic carbocycles. The fourth-order valence-electron chi connectivity index (χ4n) is 2.73. The SMILES string of the molecule is CCOCCN1CCN(CC(=O)NCc2ccco2)C[C@@H]1C. The number of piperazine rings is 1. The number of hydrogen-bond acceptors (Lipinski definition) is 5.